The number of rotatable bonds is 6. The van der Waals surface area contributed by atoms with E-state index in [2.05, 4.69) is 19.9 Å². The van der Waals surface area contributed by atoms with Gasteiger partial charge in [0.15, 0.2) is 11.5 Å². The second-order valence-electron chi connectivity index (χ2n) is 4.70. The van der Waals surface area contributed by atoms with Crippen LogP contribution in [0.25, 0.3) is 0 Å². The molecule has 0 bridgehead atoms. The fraction of sp³-hybridized carbons (Fsp3) is 0.250. The third-order valence-corrected chi connectivity index (χ3v) is 4.02. The number of aryl methyl sites for hydroxylation is 1. The Kier molecular flexibility index (Phi) is 5.83. The third-order valence-electron chi connectivity index (χ3n) is 2.87. The van der Waals surface area contributed by atoms with Gasteiger partial charge in [-0.15, -0.1) is 0 Å². The van der Waals surface area contributed by atoms with E-state index in [-0.39, 0.29) is 46.5 Å². The van der Waals surface area contributed by atoms with E-state index in [1.54, 1.807) is 0 Å². The molecule has 0 unspecified atom stereocenters. The average Bonchev–Trinajstić information content (AvgIpc) is 2.95. The number of nitrogens with one attached hydrogen (secondary N) is 1. The molecule has 1 heterocycles. The lowest BCUT2D eigenvalue weighted by Crippen LogP contribution is -2.22. The van der Waals surface area contributed by atoms with Gasteiger partial charge in [-0.3, -0.25) is 10.7 Å². The number of amidine groups is 1. The van der Waals surface area contributed by atoms with Gasteiger partial charge in [-0.05, 0) is 36.2 Å². The molecule has 0 aliphatic rings. The Labute approximate surface area is 141 Å². The quantitative estimate of drug-likeness (QED) is 0.389. The SMILES string of the molecule is NS(=O)(=O)CCCc1nonc1C(=Nc1ccc(F)c(Cl)c1)NO. The van der Waals surface area contributed by atoms with E-state index in [0.29, 0.717) is 0 Å². The number of sulfonamides is 1. The van der Waals surface area contributed by atoms with Gasteiger partial charge in [-0.1, -0.05) is 16.8 Å². The van der Waals surface area contributed by atoms with Gasteiger partial charge in [-0.2, -0.15) is 0 Å². The molecule has 2 aromatic rings. The van der Waals surface area contributed by atoms with Gasteiger partial charge in [0, 0.05) is 0 Å². The molecule has 0 spiro atoms. The van der Waals surface area contributed by atoms with E-state index < -0.39 is 15.8 Å². The molecule has 130 valence electrons. The topological polar surface area (TPSA) is 144 Å². The summed E-state index contributed by atoms with van der Waals surface area (Å²) in [4.78, 5) is 4.04. The highest BCUT2D eigenvalue weighted by Crippen LogP contribution is 2.22. The number of aromatic nitrogens is 2. The van der Waals surface area contributed by atoms with Crippen LogP contribution in [-0.4, -0.2) is 35.5 Å². The lowest BCUT2D eigenvalue weighted by Gasteiger charge is -2.04. The standard InChI is InChI=1S/C12H13ClFN5O4S/c13-8-6-7(3-4-9(8)14)16-12(17-20)11-10(18-23-19-11)2-1-5-24(15,21)22/h3-4,6,20H,1-2,5H2,(H,16,17)(H2,15,21,22). The van der Waals surface area contributed by atoms with Gasteiger partial charge in [-0.25, -0.2) is 27.6 Å². The van der Waals surface area contributed by atoms with E-state index >= 15 is 0 Å². The number of benzene rings is 1. The molecule has 1 aromatic heterocycles. The van der Waals surface area contributed by atoms with Crippen LogP contribution in [0.2, 0.25) is 5.02 Å². The molecule has 0 saturated heterocycles. The monoisotopic (exact) mass is 377 g/mol. The molecule has 0 radical (unpaired) electrons. The number of hydrogen-bond acceptors (Lipinski definition) is 7. The summed E-state index contributed by atoms with van der Waals surface area (Å²) in [6, 6.07) is 3.71. The molecule has 0 fully saturated rings. The number of nitrogens with zero attached hydrogens (tertiary/aromatic N) is 3. The van der Waals surface area contributed by atoms with Crippen LogP contribution in [-0.2, 0) is 16.4 Å². The van der Waals surface area contributed by atoms with Gasteiger partial charge in [0.2, 0.25) is 10.0 Å². The van der Waals surface area contributed by atoms with Crippen LogP contribution in [0.3, 0.4) is 0 Å². The molecular weight excluding hydrogens is 365 g/mol. The highest BCUT2D eigenvalue weighted by atomic mass is 35.5. The largest absolute Gasteiger partial charge is 0.290 e. The molecule has 24 heavy (non-hydrogen) atoms. The fourth-order valence-electron chi connectivity index (χ4n) is 1.81. The Morgan fingerprint density at radius 1 is 1.46 bits per heavy atom. The minimum Gasteiger partial charge on any atom is -0.290 e. The predicted molar refractivity (Wildman–Crippen MR) is 83.1 cm³/mol. The molecule has 0 aliphatic carbocycles. The van der Waals surface area contributed by atoms with Gasteiger partial charge < -0.3 is 0 Å². The molecule has 0 atom stereocenters. The van der Waals surface area contributed by atoms with Crippen molar-refractivity contribution >= 4 is 33.1 Å². The Bertz CT molecular complexity index is 855. The van der Waals surface area contributed by atoms with Crippen LogP contribution in [0.1, 0.15) is 17.8 Å². The number of nitrogens with two attached hydrogens (primary N) is 1. The number of hydroxylamine groups is 1. The first-order valence-corrected chi connectivity index (χ1v) is 8.65. The van der Waals surface area contributed by atoms with E-state index in [1.807, 2.05) is 5.48 Å². The van der Waals surface area contributed by atoms with Crippen molar-refractivity contribution in [2.75, 3.05) is 5.75 Å². The minimum absolute atomic E-state index is 0.0763. The third kappa shape index (κ3) is 4.96. The van der Waals surface area contributed by atoms with Crippen molar-refractivity contribution in [3.63, 3.8) is 0 Å². The lowest BCUT2D eigenvalue weighted by molar-refractivity contribution is 0.234. The average molecular weight is 378 g/mol. The van der Waals surface area contributed by atoms with Crippen molar-refractivity contribution in [2.24, 2.45) is 10.1 Å². The zero-order valence-corrected chi connectivity index (χ0v) is 13.7. The second-order valence-corrected chi connectivity index (χ2v) is 6.84. The first kappa shape index (κ1) is 18.3. The van der Waals surface area contributed by atoms with Crippen molar-refractivity contribution < 1.29 is 22.6 Å². The van der Waals surface area contributed by atoms with Crippen LogP contribution >= 0.6 is 11.6 Å². The number of hydrogen-bond donors (Lipinski definition) is 3. The van der Waals surface area contributed by atoms with Crippen LogP contribution in [0.15, 0.2) is 27.8 Å². The van der Waals surface area contributed by atoms with E-state index in [0.717, 1.165) is 6.07 Å². The Balaban J connectivity index is 2.23. The number of primary sulfonamides is 1. The van der Waals surface area contributed by atoms with E-state index in [4.69, 9.17) is 16.7 Å². The number of aliphatic imine (C=N–C) groups is 1. The summed E-state index contributed by atoms with van der Waals surface area (Å²) in [5, 5.41) is 21.3. The van der Waals surface area contributed by atoms with Gasteiger partial charge >= 0.3 is 0 Å². The van der Waals surface area contributed by atoms with E-state index in [9.17, 15) is 18.0 Å². The Morgan fingerprint density at radius 3 is 2.83 bits per heavy atom. The normalized spacial score (nSPS) is 12.4. The van der Waals surface area contributed by atoms with Crippen molar-refractivity contribution in [3.8, 4) is 0 Å². The molecular formula is C12H13ClFN5O4S. The van der Waals surface area contributed by atoms with Gasteiger partial charge in [0.25, 0.3) is 0 Å². The maximum absolute atomic E-state index is 13.1. The van der Waals surface area contributed by atoms with E-state index in [1.165, 1.54) is 12.1 Å². The van der Waals surface area contributed by atoms with Crippen molar-refractivity contribution in [1.82, 2.24) is 15.8 Å². The highest BCUT2D eigenvalue weighted by molar-refractivity contribution is 7.89. The summed E-state index contributed by atoms with van der Waals surface area (Å²) >= 11 is 5.67. The van der Waals surface area contributed by atoms with Crippen molar-refractivity contribution in [3.05, 3.63) is 40.4 Å². The zero-order valence-electron chi connectivity index (χ0n) is 12.1. The molecule has 9 nitrogen and oxygen atoms in total. The summed E-state index contributed by atoms with van der Waals surface area (Å²) < 4.78 is 39.6. The Hall–Kier alpha value is -2.08. The van der Waals surface area contributed by atoms with Crippen LogP contribution in [0.5, 0.6) is 0 Å². The molecule has 0 amide bonds. The van der Waals surface area contributed by atoms with Crippen LogP contribution < -0.4 is 10.6 Å². The summed E-state index contributed by atoms with van der Waals surface area (Å²) in [7, 11) is -3.60. The molecule has 1 aromatic carbocycles. The maximum Gasteiger partial charge on any atom is 0.209 e. The molecule has 0 saturated carbocycles. The molecule has 12 heteroatoms. The highest BCUT2D eigenvalue weighted by Gasteiger charge is 2.17. The van der Waals surface area contributed by atoms with Crippen molar-refractivity contribution in [1.29, 1.82) is 0 Å². The fourth-order valence-corrected chi connectivity index (χ4v) is 2.53. The first-order chi connectivity index (χ1) is 11.3. The zero-order chi connectivity index (χ0) is 17.7. The smallest absolute Gasteiger partial charge is 0.209 e. The molecule has 2 rings (SSSR count). The van der Waals surface area contributed by atoms with Crippen molar-refractivity contribution in [2.45, 2.75) is 12.8 Å². The summed E-state index contributed by atoms with van der Waals surface area (Å²) in [6.07, 6.45) is 0.362. The summed E-state index contributed by atoms with van der Waals surface area (Å²) in [5.74, 6) is -0.975. The maximum atomic E-state index is 13.1. The van der Waals surface area contributed by atoms with Gasteiger partial charge in [0.05, 0.1) is 16.5 Å². The number of halogens is 2. The minimum atomic E-state index is -3.60. The van der Waals surface area contributed by atoms with Gasteiger partial charge in [0.1, 0.15) is 11.5 Å². The summed E-state index contributed by atoms with van der Waals surface area (Å²) in [6.45, 7) is 0. The molecule has 4 N–H and O–H groups in total. The lowest BCUT2D eigenvalue weighted by atomic mass is 10.2. The van der Waals surface area contributed by atoms with Crippen LogP contribution in [0, 0.1) is 5.82 Å². The first-order valence-electron chi connectivity index (χ1n) is 6.56. The van der Waals surface area contributed by atoms with Crippen LogP contribution in [0.4, 0.5) is 10.1 Å². The predicted octanol–water partition coefficient (Wildman–Crippen LogP) is 1.14. The summed E-state index contributed by atoms with van der Waals surface area (Å²) in [5.41, 5.74) is 2.44. The Morgan fingerprint density at radius 2 is 2.21 bits per heavy atom. The second kappa shape index (κ2) is 7.66. The molecule has 0 aliphatic heterocycles.